The lowest BCUT2D eigenvalue weighted by Gasteiger charge is -2.25. The second-order valence-electron chi connectivity index (χ2n) is 10.8. The molecule has 0 heterocycles. The van der Waals surface area contributed by atoms with Crippen LogP contribution in [-0.2, 0) is 28.9 Å². The Morgan fingerprint density at radius 2 is 1.65 bits per heavy atom. The van der Waals surface area contributed by atoms with Crippen LogP contribution in [0.25, 0.3) is 0 Å². The summed E-state index contributed by atoms with van der Waals surface area (Å²) in [5, 5.41) is 16.5. The third-order valence-corrected chi connectivity index (χ3v) is 6.36. The molecule has 0 aliphatic heterocycles. The minimum atomic E-state index is -0.896. The number of aromatic hydroxyl groups is 1. The maximum atomic E-state index is 13.8. The summed E-state index contributed by atoms with van der Waals surface area (Å²) >= 11 is 0. The molecular formula is C31H37F2N3O4. The Morgan fingerprint density at radius 3 is 2.27 bits per heavy atom. The van der Waals surface area contributed by atoms with Crippen molar-refractivity contribution >= 4 is 17.6 Å². The van der Waals surface area contributed by atoms with Gasteiger partial charge in [0.25, 0.3) is 0 Å². The summed E-state index contributed by atoms with van der Waals surface area (Å²) in [4.78, 5) is 25.3. The molecule has 0 aliphatic carbocycles. The van der Waals surface area contributed by atoms with Crippen molar-refractivity contribution in [3.8, 4) is 5.75 Å². The fourth-order valence-electron chi connectivity index (χ4n) is 4.03. The number of carbonyl (C=O) groups is 2. The molecule has 214 valence electrons. The highest BCUT2D eigenvalue weighted by Gasteiger charge is 2.26. The highest BCUT2D eigenvalue weighted by atomic mass is 19.1. The van der Waals surface area contributed by atoms with Gasteiger partial charge in [-0.3, -0.25) is 4.79 Å². The lowest BCUT2D eigenvalue weighted by atomic mass is 9.95. The van der Waals surface area contributed by atoms with E-state index in [0.29, 0.717) is 17.8 Å². The van der Waals surface area contributed by atoms with Gasteiger partial charge in [0.1, 0.15) is 29.1 Å². The summed E-state index contributed by atoms with van der Waals surface area (Å²) in [5.41, 5.74) is 8.50. The van der Waals surface area contributed by atoms with Crippen LogP contribution in [0.5, 0.6) is 5.75 Å². The zero-order valence-electron chi connectivity index (χ0n) is 23.3. The molecule has 0 aromatic heterocycles. The fourth-order valence-corrected chi connectivity index (χ4v) is 4.03. The SMILES string of the molecule is CCc1cccc(CNC[C@@H](OC(=O)c2ccc(NC(=O)C(C)(C)C)cc2O)[C@@H](N)Cc2cc(F)cc(F)c2)c1. The summed E-state index contributed by atoms with van der Waals surface area (Å²) in [6.45, 7) is 7.97. The summed E-state index contributed by atoms with van der Waals surface area (Å²) in [7, 11) is 0. The Morgan fingerprint density at radius 1 is 0.975 bits per heavy atom. The molecule has 0 saturated heterocycles. The highest BCUT2D eigenvalue weighted by molar-refractivity contribution is 5.97. The van der Waals surface area contributed by atoms with Gasteiger partial charge >= 0.3 is 5.97 Å². The molecular weight excluding hydrogens is 516 g/mol. The van der Waals surface area contributed by atoms with E-state index in [1.165, 1.54) is 35.9 Å². The van der Waals surface area contributed by atoms with Gasteiger partial charge in [-0.05, 0) is 53.8 Å². The smallest absolute Gasteiger partial charge is 0.342 e. The number of ether oxygens (including phenoxy) is 1. The van der Waals surface area contributed by atoms with E-state index >= 15 is 0 Å². The maximum absolute atomic E-state index is 13.8. The molecule has 3 aromatic carbocycles. The van der Waals surface area contributed by atoms with Crippen molar-refractivity contribution in [3.63, 3.8) is 0 Å². The monoisotopic (exact) mass is 553 g/mol. The predicted octanol–water partition coefficient (Wildman–Crippen LogP) is 5.10. The first-order valence-electron chi connectivity index (χ1n) is 13.2. The Kier molecular flexibility index (Phi) is 10.4. The van der Waals surface area contributed by atoms with Crippen LogP contribution in [0.1, 0.15) is 54.7 Å². The minimum absolute atomic E-state index is 0.0450. The molecule has 1 amide bonds. The summed E-state index contributed by atoms with van der Waals surface area (Å²) in [5.74, 6) is -2.91. The number of esters is 1. The number of halogens is 2. The quantitative estimate of drug-likeness (QED) is 0.246. The van der Waals surface area contributed by atoms with Crippen molar-refractivity contribution in [3.05, 3.63) is 94.6 Å². The second-order valence-corrected chi connectivity index (χ2v) is 10.8. The van der Waals surface area contributed by atoms with Crippen LogP contribution in [-0.4, -0.2) is 35.7 Å². The van der Waals surface area contributed by atoms with Crippen LogP contribution < -0.4 is 16.4 Å². The number of rotatable bonds is 11. The lowest BCUT2D eigenvalue weighted by Crippen LogP contribution is -2.46. The molecule has 9 heteroatoms. The van der Waals surface area contributed by atoms with Gasteiger partial charge in [-0.25, -0.2) is 13.6 Å². The van der Waals surface area contributed by atoms with E-state index in [4.69, 9.17) is 10.5 Å². The molecule has 3 aromatic rings. The predicted molar refractivity (Wildman–Crippen MR) is 151 cm³/mol. The van der Waals surface area contributed by atoms with Crippen LogP contribution in [0.15, 0.2) is 60.7 Å². The minimum Gasteiger partial charge on any atom is -0.507 e. The summed E-state index contributed by atoms with van der Waals surface area (Å²) in [6, 6.07) is 14.5. The van der Waals surface area contributed by atoms with Crippen LogP contribution in [0.3, 0.4) is 0 Å². The third-order valence-electron chi connectivity index (χ3n) is 6.36. The largest absolute Gasteiger partial charge is 0.507 e. The van der Waals surface area contributed by atoms with Gasteiger partial charge in [-0.1, -0.05) is 52.0 Å². The zero-order chi connectivity index (χ0) is 29.4. The van der Waals surface area contributed by atoms with Crippen molar-refractivity contribution in [2.75, 3.05) is 11.9 Å². The highest BCUT2D eigenvalue weighted by Crippen LogP contribution is 2.25. The fraction of sp³-hybridized carbons (Fsp3) is 0.355. The zero-order valence-corrected chi connectivity index (χ0v) is 23.3. The van der Waals surface area contributed by atoms with Crippen LogP contribution in [0, 0.1) is 17.0 Å². The number of anilines is 1. The van der Waals surface area contributed by atoms with Gasteiger partial charge in [-0.15, -0.1) is 0 Å². The standard InChI is InChI=1S/C31H37F2N3O4/c1-5-19-7-6-8-20(11-19)17-35-18-28(26(34)14-21-12-22(32)15-23(33)13-21)40-29(38)25-10-9-24(16-27(25)37)36-30(39)31(2,3)4/h6-13,15-16,26,28,35,37H,5,14,17-18,34H2,1-4H3,(H,36,39)/t26-,28+/m0/s1. The van der Waals surface area contributed by atoms with E-state index < -0.39 is 35.2 Å². The molecule has 0 bridgehead atoms. The molecule has 7 nitrogen and oxygen atoms in total. The van der Waals surface area contributed by atoms with E-state index in [2.05, 4.69) is 23.6 Å². The average molecular weight is 554 g/mol. The van der Waals surface area contributed by atoms with Crippen LogP contribution in [0.2, 0.25) is 0 Å². The number of nitrogens with two attached hydrogens (primary N) is 1. The summed E-state index contributed by atoms with van der Waals surface area (Å²) in [6.07, 6.45) is 0.0437. The lowest BCUT2D eigenvalue weighted by molar-refractivity contribution is -0.123. The third kappa shape index (κ3) is 8.86. The molecule has 40 heavy (non-hydrogen) atoms. The first-order valence-corrected chi connectivity index (χ1v) is 13.2. The summed E-state index contributed by atoms with van der Waals surface area (Å²) < 4.78 is 33.2. The average Bonchev–Trinajstić information content (AvgIpc) is 2.87. The molecule has 0 unspecified atom stereocenters. The van der Waals surface area contributed by atoms with E-state index in [9.17, 15) is 23.5 Å². The van der Waals surface area contributed by atoms with Crippen LogP contribution >= 0.6 is 0 Å². The first-order chi connectivity index (χ1) is 18.8. The van der Waals surface area contributed by atoms with E-state index in [1.54, 1.807) is 20.8 Å². The van der Waals surface area contributed by atoms with Crippen molar-refractivity contribution in [1.29, 1.82) is 0 Å². The topological polar surface area (TPSA) is 114 Å². The van der Waals surface area contributed by atoms with Gasteiger partial charge in [0.2, 0.25) is 5.91 Å². The number of nitrogens with one attached hydrogen (secondary N) is 2. The number of aryl methyl sites for hydroxylation is 1. The van der Waals surface area contributed by atoms with Gasteiger partial charge in [0.05, 0.1) is 0 Å². The van der Waals surface area contributed by atoms with Crippen molar-refractivity contribution in [2.24, 2.45) is 11.1 Å². The van der Waals surface area contributed by atoms with E-state index in [-0.39, 0.29) is 30.2 Å². The Labute approximate surface area is 233 Å². The number of hydrogen-bond acceptors (Lipinski definition) is 6. The Bertz CT molecular complexity index is 1320. The first kappa shape index (κ1) is 30.7. The second kappa shape index (κ2) is 13.5. The molecule has 0 radical (unpaired) electrons. The molecule has 0 saturated carbocycles. The van der Waals surface area contributed by atoms with Gasteiger partial charge in [-0.2, -0.15) is 0 Å². The molecule has 2 atom stereocenters. The van der Waals surface area contributed by atoms with Crippen LogP contribution in [0.4, 0.5) is 14.5 Å². The maximum Gasteiger partial charge on any atom is 0.342 e. The Hall–Kier alpha value is -3.82. The number of benzene rings is 3. The Balaban J connectivity index is 1.75. The number of carbonyl (C=O) groups excluding carboxylic acids is 2. The van der Waals surface area contributed by atoms with E-state index in [0.717, 1.165) is 18.1 Å². The number of phenolic OH excluding ortho intramolecular Hbond substituents is 1. The molecule has 3 rings (SSSR count). The van der Waals surface area contributed by atoms with Gasteiger partial charge in [0, 0.05) is 42.4 Å². The van der Waals surface area contributed by atoms with Crippen molar-refractivity contribution in [2.45, 2.75) is 59.2 Å². The number of phenols is 1. The number of amides is 1. The van der Waals surface area contributed by atoms with E-state index in [1.807, 2.05) is 18.2 Å². The molecule has 0 fully saturated rings. The van der Waals surface area contributed by atoms with Crippen molar-refractivity contribution < 1.29 is 28.2 Å². The van der Waals surface area contributed by atoms with Crippen molar-refractivity contribution in [1.82, 2.24) is 5.32 Å². The van der Waals surface area contributed by atoms with Gasteiger partial charge < -0.3 is 26.2 Å². The number of hydrogen-bond donors (Lipinski definition) is 4. The normalized spacial score (nSPS) is 13.0. The molecule has 0 spiro atoms. The molecule has 0 aliphatic rings. The molecule has 5 N–H and O–H groups in total. The van der Waals surface area contributed by atoms with Gasteiger partial charge in [0.15, 0.2) is 0 Å².